The first-order chi connectivity index (χ1) is 5.24. The standard InChI is InChI=1S/C8H15F2N/c9-8(10)7-3-1-6(5-11)2-4-7/h6-8H,1-5,11H2. The predicted octanol–water partition coefficient (Wildman–Crippen LogP) is 2.02. The van der Waals surface area contributed by atoms with Crippen molar-refractivity contribution in [1.29, 1.82) is 0 Å². The largest absolute Gasteiger partial charge is 0.330 e. The van der Waals surface area contributed by atoms with Crippen molar-refractivity contribution >= 4 is 0 Å². The van der Waals surface area contributed by atoms with Gasteiger partial charge in [-0.05, 0) is 38.1 Å². The number of rotatable bonds is 2. The van der Waals surface area contributed by atoms with E-state index in [0.717, 1.165) is 12.8 Å². The van der Waals surface area contributed by atoms with Crippen molar-refractivity contribution < 1.29 is 8.78 Å². The van der Waals surface area contributed by atoms with Gasteiger partial charge in [0.15, 0.2) is 0 Å². The predicted molar refractivity (Wildman–Crippen MR) is 40.5 cm³/mol. The van der Waals surface area contributed by atoms with E-state index in [1.54, 1.807) is 0 Å². The molecular weight excluding hydrogens is 148 g/mol. The second-order valence-electron chi connectivity index (χ2n) is 3.35. The van der Waals surface area contributed by atoms with Gasteiger partial charge in [-0.1, -0.05) is 0 Å². The minimum Gasteiger partial charge on any atom is -0.330 e. The fourth-order valence-electron chi connectivity index (χ4n) is 1.68. The summed E-state index contributed by atoms with van der Waals surface area (Å²) in [6.45, 7) is 0.663. The van der Waals surface area contributed by atoms with Crippen LogP contribution in [0.5, 0.6) is 0 Å². The second-order valence-corrected chi connectivity index (χ2v) is 3.35. The molecule has 0 aromatic carbocycles. The summed E-state index contributed by atoms with van der Waals surface area (Å²) in [6.07, 6.45) is 1.00. The molecule has 11 heavy (non-hydrogen) atoms. The summed E-state index contributed by atoms with van der Waals surface area (Å²) in [5.74, 6) is 0.155. The molecule has 0 unspecified atom stereocenters. The topological polar surface area (TPSA) is 26.0 Å². The number of alkyl halides is 2. The van der Waals surface area contributed by atoms with Gasteiger partial charge in [0.25, 0.3) is 0 Å². The summed E-state index contributed by atoms with van der Waals surface area (Å²) in [4.78, 5) is 0. The van der Waals surface area contributed by atoms with E-state index in [9.17, 15) is 8.78 Å². The Bertz CT molecular complexity index is 109. The molecule has 1 aliphatic carbocycles. The average Bonchev–Trinajstić information content (AvgIpc) is 2.05. The molecule has 0 aromatic heterocycles. The lowest BCUT2D eigenvalue weighted by Gasteiger charge is -2.26. The molecule has 0 radical (unpaired) electrons. The van der Waals surface area contributed by atoms with E-state index in [0.29, 0.717) is 25.3 Å². The molecule has 0 bridgehead atoms. The normalized spacial score (nSPS) is 32.7. The molecule has 1 fully saturated rings. The van der Waals surface area contributed by atoms with E-state index >= 15 is 0 Å². The minimum absolute atomic E-state index is 0.349. The lowest BCUT2D eigenvalue weighted by Crippen LogP contribution is -2.24. The van der Waals surface area contributed by atoms with Crippen molar-refractivity contribution in [3.63, 3.8) is 0 Å². The fraction of sp³-hybridized carbons (Fsp3) is 1.00. The Balaban J connectivity index is 2.24. The van der Waals surface area contributed by atoms with E-state index in [4.69, 9.17) is 5.73 Å². The molecule has 1 rings (SSSR count). The molecule has 66 valence electrons. The molecule has 0 aliphatic heterocycles. The summed E-state index contributed by atoms with van der Waals surface area (Å²) >= 11 is 0. The van der Waals surface area contributed by atoms with Crippen LogP contribution in [0.15, 0.2) is 0 Å². The monoisotopic (exact) mass is 163 g/mol. The van der Waals surface area contributed by atoms with E-state index in [1.807, 2.05) is 0 Å². The highest BCUT2D eigenvalue weighted by Gasteiger charge is 2.26. The SMILES string of the molecule is NCC1CCC(C(F)F)CC1. The van der Waals surface area contributed by atoms with Gasteiger partial charge in [-0.3, -0.25) is 0 Å². The summed E-state index contributed by atoms with van der Waals surface area (Å²) in [5, 5.41) is 0. The maximum absolute atomic E-state index is 12.1. The van der Waals surface area contributed by atoms with E-state index in [2.05, 4.69) is 0 Å². The summed E-state index contributed by atoms with van der Waals surface area (Å²) in [6, 6.07) is 0. The van der Waals surface area contributed by atoms with Crippen LogP contribution in [0.3, 0.4) is 0 Å². The van der Waals surface area contributed by atoms with Gasteiger partial charge in [0.1, 0.15) is 0 Å². The Labute approximate surface area is 66.0 Å². The van der Waals surface area contributed by atoms with Gasteiger partial charge in [-0.2, -0.15) is 0 Å². The molecule has 0 saturated heterocycles. The number of hydrogen-bond donors (Lipinski definition) is 1. The van der Waals surface area contributed by atoms with Crippen LogP contribution < -0.4 is 5.73 Å². The molecule has 0 aromatic rings. The van der Waals surface area contributed by atoms with Crippen LogP contribution in [0.4, 0.5) is 8.78 Å². The molecule has 2 N–H and O–H groups in total. The highest BCUT2D eigenvalue weighted by Crippen LogP contribution is 2.31. The van der Waals surface area contributed by atoms with Gasteiger partial charge in [0.2, 0.25) is 6.43 Å². The first-order valence-corrected chi connectivity index (χ1v) is 4.22. The third kappa shape index (κ3) is 2.40. The van der Waals surface area contributed by atoms with E-state index in [1.165, 1.54) is 0 Å². The maximum Gasteiger partial charge on any atom is 0.241 e. The van der Waals surface area contributed by atoms with Crippen molar-refractivity contribution in [2.75, 3.05) is 6.54 Å². The minimum atomic E-state index is -2.12. The van der Waals surface area contributed by atoms with Crippen LogP contribution in [0.25, 0.3) is 0 Å². The van der Waals surface area contributed by atoms with Crippen molar-refractivity contribution in [1.82, 2.24) is 0 Å². The Morgan fingerprint density at radius 2 is 1.73 bits per heavy atom. The Hall–Kier alpha value is -0.180. The van der Waals surface area contributed by atoms with Crippen LogP contribution in [0.2, 0.25) is 0 Å². The second kappa shape index (κ2) is 4.00. The Kier molecular flexibility index (Phi) is 3.24. The smallest absolute Gasteiger partial charge is 0.241 e. The fourth-order valence-corrected chi connectivity index (χ4v) is 1.68. The van der Waals surface area contributed by atoms with Crippen molar-refractivity contribution in [3.8, 4) is 0 Å². The molecule has 0 spiro atoms. The zero-order chi connectivity index (χ0) is 8.27. The van der Waals surface area contributed by atoms with Crippen LogP contribution >= 0.6 is 0 Å². The van der Waals surface area contributed by atoms with Crippen molar-refractivity contribution in [3.05, 3.63) is 0 Å². The zero-order valence-electron chi connectivity index (χ0n) is 6.60. The van der Waals surface area contributed by atoms with Gasteiger partial charge in [-0.15, -0.1) is 0 Å². The maximum atomic E-state index is 12.1. The van der Waals surface area contributed by atoms with E-state index < -0.39 is 6.43 Å². The van der Waals surface area contributed by atoms with Gasteiger partial charge in [-0.25, -0.2) is 8.78 Å². The number of nitrogens with two attached hydrogens (primary N) is 1. The summed E-state index contributed by atoms with van der Waals surface area (Å²) < 4.78 is 24.2. The first kappa shape index (κ1) is 8.91. The average molecular weight is 163 g/mol. The summed E-state index contributed by atoms with van der Waals surface area (Å²) in [7, 11) is 0. The summed E-state index contributed by atoms with van der Waals surface area (Å²) in [5.41, 5.74) is 5.44. The highest BCUT2D eigenvalue weighted by atomic mass is 19.3. The van der Waals surface area contributed by atoms with Gasteiger partial charge >= 0.3 is 0 Å². The molecule has 0 heterocycles. The van der Waals surface area contributed by atoms with Gasteiger partial charge in [0.05, 0.1) is 0 Å². The lowest BCUT2D eigenvalue weighted by molar-refractivity contribution is 0.0474. The zero-order valence-corrected chi connectivity index (χ0v) is 6.60. The third-order valence-corrected chi connectivity index (χ3v) is 2.58. The Morgan fingerprint density at radius 1 is 1.18 bits per heavy atom. The van der Waals surface area contributed by atoms with Gasteiger partial charge < -0.3 is 5.73 Å². The van der Waals surface area contributed by atoms with Crippen LogP contribution in [-0.4, -0.2) is 13.0 Å². The lowest BCUT2D eigenvalue weighted by atomic mass is 9.82. The highest BCUT2D eigenvalue weighted by molar-refractivity contribution is 4.74. The number of hydrogen-bond acceptors (Lipinski definition) is 1. The molecule has 1 aliphatic rings. The van der Waals surface area contributed by atoms with Crippen molar-refractivity contribution in [2.24, 2.45) is 17.6 Å². The van der Waals surface area contributed by atoms with E-state index in [-0.39, 0.29) is 5.92 Å². The van der Waals surface area contributed by atoms with Gasteiger partial charge in [0, 0.05) is 5.92 Å². The molecule has 0 amide bonds. The first-order valence-electron chi connectivity index (χ1n) is 4.22. The van der Waals surface area contributed by atoms with Crippen LogP contribution in [0, 0.1) is 11.8 Å². The number of halogens is 2. The quantitative estimate of drug-likeness (QED) is 0.662. The molecular formula is C8H15F2N. The molecule has 1 nitrogen and oxygen atoms in total. The third-order valence-electron chi connectivity index (χ3n) is 2.58. The van der Waals surface area contributed by atoms with Crippen LogP contribution in [0.1, 0.15) is 25.7 Å². The van der Waals surface area contributed by atoms with Crippen LogP contribution in [-0.2, 0) is 0 Å². The molecule has 0 atom stereocenters. The Morgan fingerprint density at radius 3 is 2.09 bits per heavy atom. The molecule has 1 saturated carbocycles. The van der Waals surface area contributed by atoms with Crippen molar-refractivity contribution in [2.45, 2.75) is 32.1 Å². The molecule has 3 heteroatoms.